The summed E-state index contributed by atoms with van der Waals surface area (Å²) in [6.45, 7) is 7.17. The van der Waals surface area contributed by atoms with Crippen LogP contribution in [0.1, 0.15) is 35.0 Å². The first-order valence-corrected chi connectivity index (χ1v) is 7.60. The van der Waals surface area contributed by atoms with E-state index >= 15 is 0 Å². The molecule has 0 radical (unpaired) electrons. The molecule has 0 fully saturated rings. The molecular formula is C11H27N3O2S. The van der Waals surface area contributed by atoms with Crippen molar-refractivity contribution in [2.75, 3.05) is 26.9 Å². The van der Waals surface area contributed by atoms with Gasteiger partial charge in [0.05, 0.1) is 6.26 Å². The van der Waals surface area contributed by atoms with Crippen LogP contribution in [0.2, 0.25) is 0 Å². The molecular weight excluding hydrogens is 238 g/mol. The number of hydrogen-bond donors (Lipinski definition) is 1. The Morgan fingerprint density at radius 3 is 2.24 bits per heavy atom. The Balaban J connectivity index is 0. The molecule has 104 valence electrons. The van der Waals surface area contributed by atoms with Gasteiger partial charge >= 0.3 is 0 Å². The molecule has 0 aromatic heterocycles. The molecule has 17 heavy (non-hydrogen) atoms. The van der Waals surface area contributed by atoms with Gasteiger partial charge in [-0.1, -0.05) is 20.8 Å². The largest absolute Gasteiger partial charge is 0.348 e. The van der Waals surface area contributed by atoms with Crippen molar-refractivity contribution >= 4 is 16.0 Å². The summed E-state index contributed by atoms with van der Waals surface area (Å²) in [5, 5.41) is 0. The molecule has 0 atom stereocenters. The molecule has 0 spiro atoms. The summed E-state index contributed by atoms with van der Waals surface area (Å²) in [6, 6.07) is 0. The monoisotopic (exact) mass is 265 g/mol. The summed E-state index contributed by atoms with van der Waals surface area (Å²) in [6.07, 6.45) is 3.14. The van der Waals surface area contributed by atoms with E-state index in [9.17, 15) is 8.42 Å². The second kappa shape index (κ2) is 6.23. The third kappa shape index (κ3) is 10.1. The van der Waals surface area contributed by atoms with Crippen LogP contribution in [0.3, 0.4) is 0 Å². The average Bonchev–Trinajstić information content (AvgIpc) is 2.06. The fraction of sp³-hybridized carbons (Fsp3) is 0.909. The normalized spacial score (nSPS) is 13.6. The zero-order valence-electron chi connectivity index (χ0n) is 11.7. The smallest absolute Gasteiger partial charge is 0.232 e. The zero-order chi connectivity index (χ0) is 13.7. The van der Waals surface area contributed by atoms with Crippen molar-refractivity contribution in [1.29, 1.82) is 0 Å². The zero-order valence-corrected chi connectivity index (χ0v) is 12.6. The van der Waals surface area contributed by atoms with E-state index in [2.05, 4.69) is 30.5 Å². The number of aliphatic imine (C=N–C) groups is 1. The number of rotatable bonds is 4. The molecule has 1 N–H and O–H groups in total. The number of sulfonamides is 1. The molecule has 0 aromatic carbocycles. The molecule has 6 heteroatoms. The lowest BCUT2D eigenvalue weighted by molar-refractivity contribution is 0.368. The Kier molecular flexibility index (Phi) is 5.95. The summed E-state index contributed by atoms with van der Waals surface area (Å²) in [5.74, 6) is 0.390. The van der Waals surface area contributed by atoms with Crippen LogP contribution >= 0.6 is 0 Å². The maximum atomic E-state index is 11.1. The number of nitrogens with one attached hydrogen (secondary N) is 1. The van der Waals surface area contributed by atoms with E-state index in [-0.39, 0.29) is 6.84 Å². The molecule has 5 nitrogen and oxygen atoms in total. The summed E-state index contributed by atoms with van der Waals surface area (Å²) in [5.41, 5.74) is 0.290. The van der Waals surface area contributed by atoms with Gasteiger partial charge in [-0.05, 0) is 18.3 Å². The van der Waals surface area contributed by atoms with Crippen molar-refractivity contribution in [2.24, 2.45) is 10.4 Å². The highest BCUT2D eigenvalue weighted by Gasteiger charge is 2.10. The Labute approximate surface area is 107 Å². The minimum atomic E-state index is -3.26. The predicted molar refractivity (Wildman–Crippen MR) is 74.8 cm³/mol. The summed E-state index contributed by atoms with van der Waals surface area (Å²) in [4.78, 5) is 5.93. The van der Waals surface area contributed by atoms with E-state index in [1.54, 1.807) is 19.0 Å². The van der Waals surface area contributed by atoms with Gasteiger partial charge in [-0.15, -0.1) is 0 Å². The van der Waals surface area contributed by atoms with Gasteiger partial charge in [-0.25, -0.2) is 8.42 Å². The van der Waals surface area contributed by atoms with Gasteiger partial charge < -0.3 is 4.90 Å². The van der Waals surface area contributed by atoms with Gasteiger partial charge in [-0.3, -0.25) is 9.71 Å². The first-order valence-electron chi connectivity index (χ1n) is 5.71. The molecule has 0 aliphatic rings. The van der Waals surface area contributed by atoms with Crippen molar-refractivity contribution in [2.45, 2.75) is 33.6 Å². The molecule has 0 saturated carbocycles. The second-order valence-corrected chi connectivity index (χ2v) is 7.39. The number of nitrogens with zero attached hydrogens (tertiary/aromatic N) is 2. The molecule has 0 heterocycles. The van der Waals surface area contributed by atoms with E-state index < -0.39 is 10.0 Å². The van der Waals surface area contributed by atoms with Gasteiger partial charge in [0.1, 0.15) is 0 Å². The molecule has 0 aliphatic heterocycles. The molecule has 0 saturated heterocycles. The Morgan fingerprint density at radius 1 is 1.35 bits per heavy atom. The maximum Gasteiger partial charge on any atom is 0.232 e. The van der Waals surface area contributed by atoms with Crippen LogP contribution in [0.4, 0.5) is 0 Å². The minimum Gasteiger partial charge on any atom is -0.348 e. The quantitative estimate of drug-likeness (QED) is 0.476. The van der Waals surface area contributed by atoms with E-state index in [0.717, 1.165) is 19.1 Å². The van der Waals surface area contributed by atoms with Crippen LogP contribution < -0.4 is 4.72 Å². The SMILES string of the molecule is CN(C)C(=NCCCC(C)(C)C)NS(C)(=O)=O.[HH]. The van der Waals surface area contributed by atoms with Crippen molar-refractivity contribution in [3.8, 4) is 0 Å². The Hall–Kier alpha value is -0.780. The van der Waals surface area contributed by atoms with Crippen LogP contribution in [-0.2, 0) is 10.0 Å². The lowest BCUT2D eigenvalue weighted by Crippen LogP contribution is -2.39. The van der Waals surface area contributed by atoms with Gasteiger partial charge in [0.2, 0.25) is 16.0 Å². The van der Waals surface area contributed by atoms with E-state index in [1.165, 1.54) is 0 Å². The van der Waals surface area contributed by atoms with E-state index in [4.69, 9.17) is 0 Å². The topological polar surface area (TPSA) is 61.8 Å². The lowest BCUT2D eigenvalue weighted by Gasteiger charge is -2.18. The van der Waals surface area contributed by atoms with Gasteiger partial charge in [0, 0.05) is 22.1 Å². The highest BCUT2D eigenvalue weighted by Crippen LogP contribution is 2.20. The molecule has 0 amide bonds. The standard InChI is InChI=1S/C11H25N3O2S.H2/c1-11(2,3)8-7-9-12-10(14(4)5)13-17(6,15)16;/h7-9H2,1-6H3,(H,12,13);1H. The van der Waals surface area contributed by atoms with E-state index in [1.807, 2.05) is 0 Å². The van der Waals surface area contributed by atoms with Crippen molar-refractivity contribution < 1.29 is 9.84 Å². The first kappa shape index (κ1) is 16.2. The molecule has 0 bridgehead atoms. The van der Waals surface area contributed by atoms with Gasteiger partial charge in [0.15, 0.2) is 0 Å². The van der Waals surface area contributed by atoms with Crippen LogP contribution in [0.5, 0.6) is 0 Å². The summed E-state index contributed by atoms with van der Waals surface area (Å²) >= 11 is 0. The molecule has 0 aliphatic carbocycles. The van der Waals surface area contributed by atoms with Gasteiger partial charge in [-0.2, -0.15) is 0 Å². The van der Waals surface area contributed by atoms with Crippen molar-refractivity contribution in [3.05, 3.63) is 0 Å². The highest BCUT2D eigenvalue weighted by atomic mass is 32.2. The first-order chi connectivity index (χ1) is 7.51. The van der Waals surface area contributed by atoms with E-state index in [0.29, 0.717) is 12.5 Å². The maximum absolute atomic E-state index is 11.1. The van der Waals surface area contributed by atoms with Crippen molar-refractivity contribution in [3.63, 3.8) is 0 Å². The fourth-order valence-corrected chi connectivity index (χ4v) is 1.80. The van der Waals surface area contributed by atoms with Crippen LogP contribution in [0.15, 0.2) is 4.99 Å². The molecule has 0 aromatic rings. The van der Waals surface area contributed by atoms with Crippen LogP contribution in [0.25, 0.3) is 0 Å². The third-order valence-electron chi connectivity index (χ3n) is 2.05. The lowest BCUT2D eigenvalue weighted by atomic mass is 9.91. The average molecular weight is 265 g/mol. The number of hydrogen-bond acceptors (Lipinski definition) is 3. The highest BCUT2D eigenvalue weighted by molar-refractivity contribution is 7.89. The Morgan fingerprint density at radius 2 is 1.88 bits per heavy atom. The van der Waals surface area contributed by atoms with Crippen LogP contribution in [0, 0.1) is 5.41 Å². The molecule has 0 unspecified atom stereocenters. The number of guanidine groups is 1. The summed E-state index contributed by atoms with van der Waals surface area (Å²) in [7, 11) is 0.273. The fourth-order valence-electron chi connectivity index (χ4n) is 1.23. The van der Waals surface area contributed by atoms with Gasteiger partial charge in [0.25, 0.3) is 0 Å². The predicted octanol–water partition coefficient (Wildman–Crippen LogP) is 1.53. The minimum absolute atomic E-state index is 0. The second-order valence-electron chi connectivity index (χ2n) is 5.64. The third-order valence-corrected chi connectivity index (χ3v) is 2.60. The Bertz CT molecular complexity index is 359. The van der Waals surface area contributed by atoms with Crippen molar-refractivity contribution in [1.82, 2.24) is 9.62 Å². The molecule has 0 rings (SSSR count). The van der Waals surface area contributed by atoms with Crippen LogP contribution in [-0.4, -0.2) is 46.2 Å². The summed E-state index contributed by atoms with van der Waals surface area (Å²) < 4.78 is 24.6.